The summed E-state index contributed by atoms with van der Waals surface area (Å²) >= 11 is 6.05. The van der Waals surface area contributed by atoms with Crippen LogP contribution in [0.15, 0.2) is 42.5 Å². The van der Waals surface area contributed by atoms with Gasteiger partial charge in [0.1, 0.15) is 6.07 Å². The van der Waals surface area contributed by atoms with Gasteiger partial charge >= 0.3 is 0 Å². The van der Waals surface area contributed by atoms with E-state index in [1.54, 1.807) is 42.5 Å². The maximum Gasteiger partial charge on any atom is 0.228 e. The number of amides is 2. The summed E-state index contributed by atoms with van der Waals surface area (Å²) in [4.78, 5) is 24.7. The van der Waals surface area contributed by atoms with Crippen LogP contribution in [-0.4, -0.2) is 11.8 Å². The molecule has 1 aliphatic rings. The molecule has 0 saturated heterocycles. The monoisotopic (exact) mass is 353 g/mol. The van der Waals surface area contributed by atoms with Gasteiger partial charge in [-0.3, -0.25) is 9.59 Å². The van der Waals surface area contributed by atoms with Crippen LogP contribution in [0.25, 0.3) is 0 Å². The highest BCUT2D eigenvalue weighted by Gasteiger charge is 2.48. The summed E-state index contributed by atoms with van der Waals surface area (Å²) < 4.78 is 0. The fourth-order valence-electron chi connectivity index (χ4n) is 2.66. The fourth-order valence-corrected chi connectivity index (χ4v) is 2.83. The van der Waals surface area contributed by atoms with Crippen LogP contribution in [-0.2, 0) is 9.59 Å². The lowest BCUT2D eigenvalue weighted by atomic mass is 10.1. The van der Waals surface area contributed by atoms with Gasteiger partial charge in [-0.15, -0.1) is 0 Å². The molecule has 2 aromatic rings. The van der Waals surface area contributed by atoms with Gasteiger partial charge in [0.25, 0.3) is 0 Å². The third kappa shape index (κ3) is 3.65. The molecule has 126 valence electrons. The van der Waals surface area contributed by atoms with Crippen LogP contribution in [0.2, 0.25) is 5.02 Å². The van der Waals surface area contributed by atoms with Crippen LogP contribution in [0.5, 0.6) is 0 Å². The SMILES string of the molecule is Cc1c(Cl)cccc1NC(=O)C1CC1C(=O)Nc1ccccc1C#N. The second kappa shape index (κ2) is 6.96. The molecule has 1 fully saturated rings. The van der Waals surface area contributed by atoms with Crippen molar-refractivity contribution in [2.75, 3.05) is 10.6 Å². The van der Waals surface area contributed by atoms with Gasteiger partial charge in [0.15, 0.2) is 0 Å². The van der Waals surface area contributed by atoms with Crippen molar-refractivity contribution in [3.05, 3.63) is 58.6 Å². The Morgan fingerprint density at radius 3 is 2.32 bits per heavy atom. The zero-order chi connectivity index (χ0) is 18.0. The molecule has 0 heterocycles. The van der Waals surface area contributed by atoms with E-state index in [-0.39, 0.29) is 23.7 Å². The minimum absolute atomic E-state index is 0.195. The van der Waals surface area contributed by atoms with E-state index in [0.29, 0.717) is 28.4 Å². The molecule has 0 aliphatic heterocycles. The first-order valence-electron chi connectivity index (χ1n) is 7.87. The molecule has 0 radical (unpaired) electrons. The molecular formula is C19H16ClN3O2. The van der Waals surface area contributed by atoms with Crippen LogP contribution >= 0.6 is 11.6 Å². The van der Waals surface area contributed by atoms with Crippen molar-refractivity contribution in [2.45, 2.75) is 13.3 Å². The Morgan fingerprint density at radius 2 is 1.64 bits per heavy atom. The predicted octanol–water partition coefficient (Wildman–Crippen LogP) is 3.73. The first-order chi connectivity index (χ1) is 12.0. The normalized spacial score (nSPS) is 18.1. The molecule has 0 spiro atoms. The van der Waals surface area contributed by atoms with Crippen LogP contribution < -0.4 is 10.6 Å². The van der Waals surface area contributed by atoms with Crippen LogP contribution in [0.3, 0.4) is 0 Å². The summed E-state index contributed by atoms with van der Waals surface area (Å²) in [6.45, 7) is 1.83. The Kier molecular flexibility index (Phi) is 4.73. The smallest absolute Gasteiger partial charge is 0.228 e. The van der Waals surface area contributed by atoms with Crippen molar-refractivity contribution in [1.29, 1.82) is 5.26 Å². The number of carbonyl (C=O) groups is 2. The number of rotatable bonds is 4. The number of benzene rings is 2. The molecule has 2 atom stereocenters. The molecule has 2 unspecified atom stereocenters. The zero-order valence-electron chi connectivity index (χ0n) is 13.5. The fraction of sp³-hybridized carbons (Fsp3) is 0.211. The van der Waals surface area contributed by atoms with Crippen molar-refractivity contribution in [3.63, 3.8) is 0 Å². The highest BCUT2D eigenvalue weighted by molar-refractivity contribution is 6.31. The van der Waals surface area contributed by atoms with Gasteiger partial charge in [-0.05, 0) is 43.2 Å². The molecule has 0 bridgehead atoms. The average molecular weight is 354 g/mol. The van der Waals surface area contributed by atoms with Gasteiger partial charge < -0.3 is 10.6 Å². The van der Waals surface area contributed by atoms with Gasteiger partial charge in [-0.1, -0.05) is 29.8 Å². The molecule has 2 amide bonds. The summed E-state index contributed by atoms with van der Waals surface area (Å²) in [7, 11) is 0. The number of hydrogen-bond donors (Lipinski definition) is 2. The maximum absolute atomic E-state index is 12.3. The Balaban J connectivity index is 1.62. The van der Waals surface area contributed by atoms with Gasteiger partial charge in [-0.25, -0.2) is 0 Å². The van der Waals surface area contributed by atoms with Gasteiger partial charge in [0, 0.05) is 10.7 Å². The van der Waals surface area contributed by atoms with Crippen molar-refractivity contribution >= 4 is 34.8 Å². The summed E-state index contributed by atoms with van der Waals surface area (Å²) in [6, 6.07) is 14.1. The van der Waals surface area contributed by atoms with Crippen molar-refractivity contribution in [1.82, 2.24) is 0 Å². The zero-order valence-corrected chi connectivity index (χ0v) is 14.3. The lowest BCUT2D eigenvalue weighted by molar-refractivity contribution is -0.122. The number of nitriles is 1. The molecule has 6 heteroatoms. The number of carbonyl (C=O) groups excluding carboxylic acids is 2. The molecule has 3 rings (SSSR count). The van der Waals surface area contributed by atoms with E-state index < -0.39 is 0 Å². The van der Waals surface area contributed by atoms with Crippen molar-refractivity contribution in [3.8, 4) is 6.07 Å². The van der Waals surface area contributed by atoms with Gasteiger partial charge in [0.2, 0.25) is 11.8 Å². The third-order valence-electron chi connectivity index (χ3n) is 4.29. The van der Waals surface area contributed by atoms with Crippen LogP contribution in [0.1, 0.15) is 17.5 Å². The number of halogens is 1. The second-order valence-corrected chi connectivity index (χ2v) is 6.40. The third-order valence-corrected chi connectivity index (χ3v) is 4.70. The Morgan fingerprint density at radius 1 is 1.04 bits per heavy atom. The van der Waals surface area contributed by atoms with Crippen LogP contribution in [0, 0.1) is 30.1 Å². The molecule has 1 aliphatic carbocycles. The highest BCUT2D eigenvalue weighted by Crippen LogP contribution is 2.40. The Bertz CT molecular complexity index is 888. The number of nitrogens with zero attached hydrogens (tertiary/aromatic N) is 1. The summed E-state index contributed by atoms with van der Waals surface area (Å²) in [5.41, 5.74) is 2.30. The molecule has 1 saturated carbocycles. The number of para-hydroxylation sites is 1. The van der Waals surface area contributed by atoms with E-state index in [2.05, 4.69) is 10.6 Å². The van der Waals surface area contributed by atoms with Crippen molar-refractivity contribution < 1.29 is 9.59 Å². The number of anilines is 2. The largest absolute Gasteiger partial charge is 0.326 e. The van der Waals surface area contributed by atoms with Crippen molar-refractivity contribution in [2.24, 2.45) is 11.8 Å². The lowest BCUT2D eigenvalue weighted by Gasteiger charge is -2.10. The molecule has 2 aromatic carbocycles. The standard InChI is InChI=1S/C19H16ClN3O2/c1-11-15(20)6-4-8-16(11)22-18(24)13-9-14(13)19(25)23-17-7-3-2-5-12(17)10-21/h2-8,13-14H,9H2,1H3,(H,22,24)(H,23,25). The summed E-state index contributed by atoms with van der Waals surface area (Å²) in [5, 5.41) is 15.2. The maximum atomic E-state index is 12.3. The van der Waals surface area contributed by atoms with Gasteiger partial charge in [0.05, 0.1) is 23.1 Å². The topological polar surface area (TPSA) is 82.0 Å². The summed E-state index contributed by atoms with van der Waals surface area (Å²) in [6.07, 6.45) is 0.492. The Hall–Kier alpha value is -2.84. The van der Waals surface area contributed by atoms with E-state index in [1.807, 2.05) is 13.0 Å². The number of hydrogen-bond acceptors (Lipinski definition) is 3. The molecule has 2 N–H and O–H groups in total. The van der Waals surface area contributed by atoms with Crippen LogP contribution in [0.4, 0.5) is 11.4 Å². The average Bonchev–Trinajstić information content (AvgIpc) is 3.40. The minimum atomic E-state index is -0.383. The minimum Gasteiger partial charge on any atom is -0.326 e. The van der Waals surface area contributed by atoms with E-state index in [0.717, 1.165) is 5.56 Å². The first kappa shape index (κ1) is 17.0. The predicted molar refractivity (Wildman–Crippen MR) is 96.2 cm³/mol. The number of nitrogens with one attached hydrogen (secondary N) is 2. The lowest BCUT2D eigenvalue weighted by Crippen LogP contribution is -2.21. The molecular weight excluding hydrogens is 338 g/mol. The van der Waals surface area contributed by atoms with E-state index >= 15 is 0 Å². The molecule has 5 nitrogen and oxygen atoms in total. The quantitative estimate of drug-likeness (QED) is 0.878. The van der Waals surface area contributed by atoms with Gasteiger partial charge in [-0.2, -0.15) is 5.26 Å². The van der Waals surface area contributed by atoms with E-state index in [1.165, 1.54) is 0 Å². The Labute approximate surface area is 150 Å². The highest BCUT2D eigenvalue weighted by atomic mass is 35.5. The van der Waals surface area contributed by atoms with E-state index in [4.69, 9.17) is 16.9 Å². The summed E-state index contributed by atoms with van der Waals surface area (Å²) in [5.74, 6) is -1.19. The molecule has 0 aromatic heterocycles. The second-order valence-electron chi connectivity index (χ2n) is 6.00. The molecule has 25 heavy (non-hydrogen) atoms. The first-order valence-corrected chi connectivity index (χ1v) is 8.25. The van der Waals surface area contributed by atoms with E-state index in [9.17, 15) is 9.59 Å².